The van der Waals surface area contributed by atoms with Crippen molar-refractivity contribution in [3.8, 4) is 0 Å². The van der Waals surface area contributed by atoms with E-state index >= 15 is 0 Å². The number of carbonyl (C=O) groups is 1. The average Bonchev–Trinajstić information content (AvgIpc) is 3.01. The van der Waals surface area contributed by atoms with Gasteiger partial charge in [-0.1, -0.05) is 0 Å². The highest BCUT2D eigenvalue weighted by atomic mass is 16.6. The predicted octanol–water partition coefficient (Wildman–Crippen LogP) is 1.66. The number of guanidine groups is 1. The third kappa shape index (κ3) is 6.73. The number of hydrogen-bond donors (Lipinski definition) is 2. The molecule has 0 radical (unpaired) electrons. The molecule has 2 heterocycles. The number of aliphatic imine (C=N–C) groups is 1. The molecule has 1 unspecified atom stereocenters. The molecular formula is C18H33N7O2. The number of rotatable bonds is 5. The zero-order chi connectivity index (χ0) is 19.9. The topological polar surface area (TPSA) is 96.7 Å². The molecular weight excluding hydrogens is 346 g/mol. The summed E-state index contributed by atoms with van der Waals surface area (Å²) in [6.45, 7) is 10.3. The summed E-state index contributed by atoms with van der Waals surface area (Å²) < 4.78 is 7.27. The standard InChI is InChI=1S/C18H33N7O2/c1-6-19-16(21-12-15-22-13-23-24(15)5)20-11-14-9-7-8-10-25(14)17(26)27-18(2,3)4/h13-14H,6-12H2,1-5H3,(H2,19,20,21). The number of ether oxygens (including phenoxy) is 1. The molecule has 9 nitrogen and oxygen atoms in total. The maximum atomic E-state index is 12.5. The van der Waals surface area contributed by atoms with E-state index in [-0.39, 0.29) is 12.1 Å². The minimum absolute atomic E-state index is 0.0901. The van der Waals surface area contributed by atoms with Crippen molar-refractivity contribution in [2.45, 2.75) is 65.1 Å². The Bertz CT molecular complexity index is 636. The second-order valence-corrected chi connectivity index (χ2v) is 7.70. The van der Waals surface area contributed by atoms with Crippen molar-refractivity contribution >= 4 is 12.1 Å². The molecule has 1 saturated heterocycles. The summed E-state index contributed by atoms with van der Waals surface area (Å²) in [5.74, 6) is 1.50. The summed E-state index contributed by atoms with van der Waals surface area (Å²) in [4.78, 5) is 23.1. The zero-order valence-electron chi connectivity index (χ0n) is 17.2. The Labute approximate surface area is 161 Å². The Hall–Kier alpha value is -2.32. The van der Waals surface area contributed by atoms with E-state index in [2.05, 4.69) is 25.7 Å². The van der Waals surface area contributed by atoms with Gasteiger partial charge < -0.3 is 20.3 Å². The number of nitrogens with one attached hydrogen (secondary N) is 2. The molecule has 0 aliphatic carbocycles. The number of aromatic nitrogens is 3. The van der Waals surface area contributed by atoms with Crippen molar-refractivity contribution in [1.29, 1.82) is 0 Å². The maximum Gasteiger partial charge on any atom is 0.410 e. The van der Waals surface area contributed by atoms with Crippen LogP contribution in [-0.4, -0.2) is 63.0 Å². The smallest absolute Gasteiger partial charge is 0.410 e. The number of aryl methyl sites for hydroxylation is 1. The first-order valence-electron chi connectivity index (χ1n) is 9.65. The van der Waals surface area contributed by atoms with Gasteiger partial charge >= 0.3 is 6.09 Å². The number of amides is 1. The molecule has 0 spiro atoms. The van der Waals surface area contributed by atoms with E-state index in [1.54, 1.807) is 4.68 Å². The van der Waals surface area contributed by atoms with Crippen molar-refractivity contribution in [1.82, 2.24) is 30.3 Å². The third-order valence-electron chi connectivity index (χ3n) is 4.29. The van der Waals surface area contributed by atoms with E-state index in [9.17, 15) is 4.79 Å². The van der Waals surface area contributed by atoms with Crippen molar-refractivity contribution < 1.29 is 9.53 Å². The maximum absolute atomic E-state index is 12.5. The summed E-state index contributed by atoms with van der Waals surface area (Å²) >= 11 is 0. The molecule has 2 rings (SSSR count). The monoisotopic (exact) mass is 379 g/mol. The molecule has 0 saturated carbocycles. The first-order valence-corrected chi connectivity index (χ1v) is 9.65. The molecule has 1 amide bonds. The van der Waals surface area contributed by atoms with Crippen LogP contribution in [0.1, 0.15) is 52.8 Å². The Balaban J connectivity index is 1.96. The summed E-state index contributed by atoms with van der Waals surface area (Å²) in [5.41, 5.74) is -0.487. The number of carbonyl (C=O) groups excluding carboxylic acids is 1. The molecule has 1 aromatic heterocycles. The van der Waals surface area contributed by atoms with Gasteiger partial charge in [-0.2, -0.15) is 5.10 Å². The lowest BCUT2D eigenvalue weighted by atomic mass is 10.0. The molecule has 9 heteroatoms. The van der Waals surface area contributed by atoms with Crippen LogP contribution in [0.25, 0.3) is 0 Å². The van der Waals surface area contributed by atoms with Crippen LogP contribution in [0.15, 0.2) is 11.3 Å². The molecule has 1 atom stereocenters. The van der Waals surface area contributed by atoms with E-state index in [0.717, 1.165) is 38.2 Å². The highest BCUT2D eigenvalue weighted by Crippen LogP contribution is 2.20. The Morgan fingerprint density at radius 2 is 2.15 bits per heavy atom. The van der Waals surface area contributed by atoms with Crippen LogP contribution in [0.3, 0.4) is 0 Å². The summed E-state index contributed by atoms with van der Waals surface area (Å²) in [6, 6.07) is 0.0901. The van der Waals surface area contributed by atoms with E-state index in [0.29, 0.717) is 19.0 Å². The third-order valence-corrected chi connectivity index (χ3v) is 4.29. The second-order valence-electron chi connectivity index (χ2n) is 7.70. The van der Waals surface area contributed by atoms with Crippen molar-refractivity contribution in [2.75, 3.05) is 19.6 Å². The van der Waals surface area contributed by atoms with Crippen LogP contribution in [0.2, 0.25) is 0 Å². The van der Waals surface area contributed by atoms with E-state index in [4.69, 9.17) is 4.74 Å². The van der Waals surface area contributed by atoms with Crippen LogP contribution in [0.5, 0.6) is 0 Å². The van der Waals surface area contributed by atoms with Crippen LogP contribution < -0.4 is 10.6 Å². The Kier molecular flexibility index (Phi) is 7.44. The first kappa shape index (κ1) is 21.0. The predicted molar refractivity (Wildman–Crippen MR) is 104 cm³/mol. The Morgan fingerprint density at radius 3 is 2.78 bits per heavy atom. The summed E-state index contributed by atoms with van der Waals surface area (Å²) in [6.07, 6.45) is 4.35. The van der Waals surface area contributed by atoms with Gasteiger partial charge in [0.25, 0.3) is 0 Å². The van der Waals surface area contributed by atoms with Gasteiger partial charge in [0, 0.05) is 26.7 Å². The normalized spacial score (nSPS) is 18.3. The summed E-state index contributed by atoms with van der Waals surface area (Å²) in [7, 11) is 1.85. The first-order chi connectivity index (χ1) is 12.8. The molecule has 0 bridgehead atoms. The zero-order valence-corrected chi connectivity index (χ0v) is 17.2. The molecule has 2 N–H and O–H groups in total. The molecule has 1 aromatic rings. The number of likely N-dealkylation sites (tertiary alicyclic amines) is 1. The van der Waals surface area contributed by atoms with Crippen molar-refractivity contribution in [2.24, 2.45) is 12.0 Å². The molecule has 152 valence electrons. The second kappa shape index (κ2) is 9.57. The van der Waals surface area contributed by atoms with E-state index in [1.165, 1.54) is 6.33 Å². The van der Waals surface area contributed by atoms with Gasteiger partial charge in [-0.25, -0.2) is 14.8 Å². The highest BCUT2D eigenvalue weighted by molar-refractivity contribution is 5.79. The van der Waals surface area contributed by atoms with E-state index in [1.807, 2.05) is 39.6 Å². The van der Waals surface area contributed by atoms with Gasteiger partial charge in [-0.3, -0.25) is 4.68 Å². The SMILES string of the molecule is CCNC(=NCc1ncnn1C)NCC1CCCCN1C(=O)OC(C)(C)C. The number of hydrogen-bond acceptors (Lipinski definition) is 5. The summed E-state index contributed by atoms with van der Waals surface area (Å²) in [5, 5.41) is 10.6. The largest absolute Gasteiger partial charge is 0.444 e. The van der Waals surface area contributed by atoms with Crippen LogP contribution in [0.4, 0.5) is 4.79 Å². The molecule has 27 heavy (non-hydrogen) atoms. The quantitative estimate of drug-likeness (QED) is 0.597. The minimum Gasteiger partial charge on any atom is -0.444 e. The lowest BCUT2D eigenvalue weighted by Crippen LogP contribution is -2.52. The van der Waals surface area contributed by atoms with Crippen LogP contribution >= 0.6 is 0 Å². The average molecular weight is 380 g/mol. The highest BCUT2D eigenvalue weighted by Gasteiger charge is 2.30. The fourth-order valence-electron chi connectivity index (χ4n) is 2.94. The number of nitrogens with zero attached hydrogens (tertiary/aromatic N) is 5. The number of piperidine rings is 1. The molecule has 1 fully saturated rings. The lowest BCUT2D eigenvalue weighted by molar-refractivity contribution is 0.0104. The molecule has 1 aliphatic rings. The Morgan fingerprint density at radius 1 is 1.37 bits per heavy atom. The van der Waals surface area contributed by atoms with Gasteiger partial charge in [-0.05, 0) is 47.0 Å². The fraction of sp³-hybridized carbons (Fsp3) is 0.778. The van der Waals surface area contributed by atoms with Gasteiger partial charge in [0.05, 0.1) is 6.04 Å². The molecule has 0 aromatic carbocycles. The van der Waals surface area contributed by atoms with Gasteiger partial charge in [-0.15, -0.1) is 0 Å². The van der Waals surface area contributed by atoms with Gasteiger partial charge in [0.15, 0.2) is 5.96 Å². The van der Waals surface area contributed by atoms with Crippen molar-refractivity contribution in [3.05, 3.63) is 12.2 Å². The fourth-order valence-corrected chi connectivity index (χ4v) is 2.94. The minimum atomic E-state index is -0.487. The molecule has 1 aliphatic heterocycles. The van der Waals surface area contributed by atoms with Crippen LogP contribution in [0, 0.1) is 0 Å². The van der Waals surface area contributed by atoms with Gasteiger partial charge in [0.1, 0.15) is 24.3 Å². The lowest BCUT2D eigenvalue weighted by Gasteiger charge is -2.37. The van der Waals surface area contributed by atoms with Gasteiger partial charge in [0.2, 0.25) is 0 Å². The van der Waals surface area contributed by atoms with Crippen LogP contribution in [-0.2, 0) is 18.3 Å². The van der Waals surface area contributed by atoms with E-state index < -0.39 is 5.60 Å². The van der Waals surface area contributed by atoms with Crippen molar-refractivity contribution in [3.63, 3.8) is 0 Å².